The largest absolute Gasteiger partial charge is 0.490 e. The van der Waals surface area contributed by atoms with E-state index in [-0.39, 0.29) is 17.4 Å². The summed E-state index contributed by atoms with van der Waals surface area (Å²) in [5.41, 5.74) is 5.22. The van der Waals surface area contributed by atoms with Crippen LogP contribution in [-0.2, 0) is 9.53 Å². The zero-order valence-electron chi connectivity index (χ0n) is 13.4. The molecule has 1 saturated heterocycles. The van der Waals surface area contributed by atoms with Gasteiger partial charge in [0.2, 0.25) is 0 Å². The predicted octanol–water partition coefficient (Wildman–Crippen LogP) is 2.50. The van der Waals surface area contributed by atoms with Gasteiger partial charge in [0.05, 0.1) is 5.69 Å². The third-order valence-corrected chi connectivity index (χ3v) is 2.96. The molecule has 22 heavy (non-hydrogen) atoms. The summed E-state index contributed by atoms with van der Waals surface area (Å²) >= 11 is 0. The molecule has 0 aliphatic carbocycles. The molecule has 1 heterocycles. The molecular weight excluding hydrogens is 287 g/mol. The quantitative estimate of drug-likeness (QED) is 0.662. The fourth-order valence-corrected chi connectivity index (χ4v) is 1.83. The number of nitrogen functional groups attached to an aromatic ring is 1. The minimum atomic E-state index is -0.415. The Balaban J connectivity index is 0.000000295. The Bertz CT molecular complexity index is 469. The molecule has 2 rings (SSSR count). The van der Waals surface area contributed by atoms with E-state index in [0.29, 0.717) is 12.2 Å². The van der Waals surface area contributed by atoms with E-state index in [0.717, 1.165) is 25.9 Å². The summed E-state index contributed by atoms with van der Waals surface area (Å²) in [5.74, 6) is 0.148. The number of rotatable bonds is 3. The predicted molar refractivity (Wildman–Crippen MR) is 84.2 cm³/mol. The molecule has 0 aromatic heterocycles. The summed E-state index contributed by atoms with van der Waals surface area (Å²) in [5, 5.41) is 3.25. The van der Waals surface area contributed by atoms with Crippen molar-refractivity contribution in [2.75, 3.05) is 18.8 Å². The smallest absolute Gasteiger partial charge is 0.293 e. The number of nitrogens with two attached hydrogens (primary N) is 1. The van der Waals surface area contributed by atoms with Crippen molar-refractivity contribution in [2.45, 2.75) is 45.3 Å². The molecule has 1 aliphatic heterocycles. The van der Waals surface area contributed by atoms with Crippen molar-refractivity contribution in [2.24, 2.45) is 0 Å². The maximum Gasteiger partial charge on any atom is 0.293 e. The molecule has 6 heteroatoms. The minimum absolute atomic E-state index is 0.160. The Morgan fingerprint density at radius 3 is 2.41 bits per heavy atom. The molecule has 5 nitrogen and oxygen atoms in total. The fourth-order valence-electron chi connectivity index (χ4n) is 1.83. The standard InChI is InChI=1S/C11H15FN2O.C5H10O2/c12-10-7-9(1-2-11(10)13)15-8-3-5-14-6-4-8;1-5(2,3)7-4-6/h1-2,7-8,14H,3-6,13H2;4H,1-3H3. The molecular formula is C16H25FN2O3. The molecule has 0 atom stereocenters. The van der Waals surface area contributed by atoms with E-state index in [2.05, 4.69) is 10.1 Å². The van der Waals surface area contributed by atoms with E-state index in [4.69, 9.17) is 10.5 Å². The van der Waals surface area contributed by atoms with Crippen LogP contribution in [0.2, 0.25) is 0 Å². The van der Waals surface area contributed by atoms with Crippen molar-refractivity contribution < 1.29 is 18.7 Å². The first kappa shape index (κ1) is 18.2. The summed E-state index contributed by atoms with van der Waals surface area (Å²) in [6.45, 7) is 7.84. The Morgan fingerprint density at radius 1 is 1.32 bits per heavy atom. The highest BCUT2D eigenvalue weighted by atomic mass is 19.1. The van der Waals surface area contributed by atoms with Crippen molar-refractivity contribution in [1.82, 2.24) is 5.32 Å². The second-order valence-electron chi connectivity index (χ2n) is 6.08. The Hall–Kier alpha value is -1.82. The van der Waals surface area contributed by atoms with Gasteiger partial charge in [-0.25, -0.2) is 4.39 Å². The number of halogens is 1. The monoisotopic (exact) mass is 312 g/mol. The first-order chi connectivity index (χ1) is 10.3. The molecule has 1 aromatic rings. The maximum absolute atomic E-state index is 13.1. The van der Waals surface area contributed by atoms with Crippen LogP contribution in [0.25, 0.3) is 0 Å². The number of benzene rings is 1. The zero-order chi connectivity index (χ0) is 16.6. The Labute approximate surface area is 131 Å². The van der Waals surface area contributed by atoms with Crippen LogP contribution >= 0.6 is 0 Å². The molecule has 0 spiro atoms. The summed E-state index contributed by atoms with van der Waals surface area (Å²) in [7, 11) is 0. The zero-order valence-corrected chi connectivity index (χ0v) is 13.4. The molecule has 0 saturated carbocycles. The molecule has 124 valence electrons. The molecule has 0 amide bonds. The Kier molecular flexibility index (Phi) is 7.11. The molecule has 0 radical (unpaired) electrons. The normalized spacial score (nSPS) is 15.5. The number of hydrogen-bond donors (Lipinski definition) is 2. The number of carbonyl (C=O) groups excluding carboxylic acids is 1. The first-order valence-corrected chi connectivity index (χ1v) is 7.35. The van der Waals surface area contributed by atoms with E-state index in [1.165, 1.54) is 12.1 Å². The third-order valence-electron chi connectivity index (χ3n) is 2.96. The van der Waals surface area contributed by atoms with E-state index in [1.54, 1.807) is 6.07 Å². The van der Waals surface area contributed by atoms with Gasteiger partial charge in [-0.05, 0) is 58.8 Å². The average molecular weight is 312 g/mol. The number of piperidine rings is 1. The second kappa shape index (κ2) is 8.58. The Morgan fingerprint density at radius 2 is 1.95 bits per heavy atom. The lowest BCUT2D eigenvalue weighted by molar-refractivity contribution is -0.138. The van der Waals surface area contributed by atoms with Crippen LogP contribution in [-0.4, -0.2) is 31.3 Å². The van der Waals surface area contributed by atoms with Gasteiger partial charge in [-0.2, -0.15) is 0 Å². The van der Waals surface area contributed by atoms with Crippen molar-refractivity contribution in [3.8, 4) is 5.75 Å². The molecule has 0 unspecified atom stereocenters. The van der Waals surface area contributed by atoms with Gasteiger partial charge in [-0.15, -0.1) is 0 Å². The van der Waals surface area contributed by atoms with E-state index >= 15 is 0 Å². The number of nitrogens with one attached hydrogen (secondary N) is 1. The van der Waals surface area contributed by atoms with Crippen molar-refractivity contribution in [1.29, 1.82) is 0 Å². The molecule has 3 N–H and O–H groups in total. The number of hydrogen-bond acceptors (Lipinski definition) is 5. The molecule has 1 aliphatic rings. The van der Waals surface area contributed by atoms with Gasteiger partial charge in [-0.3, -0.25) is 4.79 Å². The van der Waals surface area contributed by atoms with Crippen molar-refractivity contribution in [3.05, 3.63) is 24.0 Å². The third kappa shape index (κ3) is 7.26. The lowest BCUT2D eigenvalue weighted by atomic mass is 10.1. The van der Waals surface area contributed by atoms with Gasteiger partial charge in [0.15, 0.2) is 0 Å². The van der Waals surface area contributed by atoms with Gasteiger partial charge >= 0.3 is 0 Å². The van der Waals surface area contributed by atoms with Gasteiger partial charge in [0.25, 0.3) is 6.47 Å². The summed E-state index contributed by atoms with van der Waals surface area (Å²) in [6.07, 6.45) is 2.12. The maximum atomic E-state index is 13.1. The van der Waals surface area contributed by atoms with Gasteiger partial charge in [0, 0.05) is 6.07 Å². The van der Waals surface area contributed by atoms with Crippen LogP contribution in [0.5, 0.6) is 5.75 Å². The highest BCUT2D eigenvalue weighted by Crippen LogP contribution is 2.21. The SMILES string of the molecule is CC(C)(C)OC=O.Nc1ccc(OC2CCNCC2)cc1F. The van der Waals surface area contributed by atoms with E-state index in [1.807, 2.05) is 20.8 Å². The van der Waals surface area contributed by atoms with Gasteiger partial charge in [-0.1, -0.05) is 0 Å². The fraction of sp³-hybridized carbons (Fsp3) is 0.562. The van der Waals surface area contributed by atoms with Crippen LogP contribution < -0.4 is 15.8 Å². The lowest BCUT2D eigenvalue weighted by Gasteiger charge is -2.23. The summed E-state index contributed by atoms with van der Waals surface area (Å²) in [4.78, 5) is 9.60. The average Bonchev–Trinajstić information content (AvgIpc) is 2.43. The van der Waals surface area contributed by atoms with Crippen LogP contribution in [0.4, 0.5) is 10.1 Å². The van der Waals surface area contributed by atoms with Gasteiger partial charge < -0.3 is 20.5 Å². The van der Waals surface area contributed by atoms with Crippen LogP contribution in [0, 0.1) is 5.82 Å². The van der Waals surface area contributed by atoms with Crippen molar-refractivity contribution >= 4 is 12.2 Å². The number of carbonyl (C=O) groups is 1. The topological polar surface area (TPSA) is 73.6 Å². The van der Waals surface area contributed by atoms with Crippen LogP contribution in [0.1, 0.15) is 33.6 Å². The minimum Gasteiger partial charge on any atom is -0.490 e. The van der Waals surface area contributed by atoms with E-state index in [9.17, 15) is 9.18 Å². The summed E-state index contributed by atoms with van der Waals surface area (Å²) in [6, 6.07) is 4.59. The lowest BCUT2D eigenvalue weighted by Crippen LogP contribution is -2.34. The molecule has 0 bridgehead atoms. The molecule has 1 aromatic carbocycles. The van der Waals surface area contributed by atoms with Crippen LogP contribution in [0.15, 0.2) is 18.2 Å². The van der Waals surface area contributed by atoms with Crippen LogP contribution in [0.3, 0.4) is 0 Å². The highest BCUT2D eigenvalue weighted by molar-refractivity contribution is 5.43. The first-order valence-electron chi connectivity index (χ1n) is 7.35. The summed E-state index contributed by atoms with van der Waals surface area (Å²) < 4.78 is 23.3. The van der Waals surface area contributed by atoms with Gasteiger partial charge in [0.1, 0.15) is 23.3 Å². The number of anilines is 1. The van der Waals surface area contributed by atoms with Crippen molar-refractivity contribution in [3.63, 3.8) is 0 Å². The second-order valence-corrected chi connectivity index (χ2v) is 6.08. The molecule has 1 fully saturated rings. The number of ether oxygens (including phenoxy) is 2. The van der Waals surface area contributed by atoms with E-state index < -0.39 is 5.82 Å². The highest BCUT2D eigenvalue weighted by Gasteiger charge is 2.14.